The first-order chi connectivity index (χ1) is 9.37. The second-order valence-corrected chi connectivity index (χ2v) is 5.77. The average Bonchev–Trinajstić information content (AvgIpc) is 2.20. The molecule has 1 amide bonds. The van der Waals surface area contributed by atoms with Crippen molar-refractivity contribution in [3.05, 3.63) is 16.4 Å². The summed E-state index contributed by atoms with van der Waals surface area (Å²) in [7, 11) is 0. The van der Waals surface area contributed by atoms with Crippen LogP contribution in [-0.2, 0) is 4.74 Å². The first kappa shape index (κ1) is 17.8. The number of hydrogen-bond acceptors (Lipinski definition) is 4. The highest BCUT2D eigenvalue weighted by molar-refractivity contribution is 6.33. The van der Waals surface area contributed by atoms with Crippen molar-refractivity contribution < 1.29 is 22.7 Å². The number of ether oxygens (including phenoxy) is 1. The van der Waals surface area contributed by atoms with Crippen LogP contribution in [0.1, 0.15) is 20.8 Å². The minimum Gasteiger partial charge on any atom is -0.443 e. The van der Waals surface area contributed by atoms with Crippen molar-refractivity contribution in [2.75, 3.05) is 11.4 Å². The van der Waals surface area contributed by atoms with Crippen LogP contribution in [0.4, 0.5) is 23.9 Å². The van der Waals surface area contributed by atoms with Gasteiger partial charge in [-0.15, -0.1) is 0 Å². The van der Waals surface area contributed by atoms with Crippen LogP contribution in [0, 0.1) is 0 Å². The molecule has 1 aromatic heterocycles. The lowest BCUT2D eigenvalue weighted by Gasteiger charge is -2.26. The fraction of sp³-hybridized carbons (Fsp3) is 0.545. The maximum absolute atomic E-state index is 12.6. The molecule has 118 valence electrons. The van der Waals surface area contributed by atoms with Gasteiger partial charge in [-0.05, 0) is 20.8 Å². The van der Waals surface area contributed by atoms with Crippen molar-refractivity contribution in [3.8, 4) is 0 Å². The van der Waals surface area contributed by atoms with Crippen molar-refractivity contribution in [2.45, 2.75) is 32.5 Å². The van der Waals surface area contributed by atoms with Gasteiger partial charge < -0.3 is 4.74 Å². The van der Waals surface area contributed by atoms with Gasteiger partial charge in [-0.3, -0.25) is 0 Å². The Morgan fingerprint density at radius 2 is 1.71 bits per heavy atom. The number of amides is 1. The Morgan fingerprint density at radius 1 is 1.24 bits per heavy atom. The molecule has 0 aliphatic carbocycles. The highest BCUT2D eigenvalue weighted by atomic mass is 35.5. The lowest BCUT2D eigenvalue weighted by Crippen LogP contribution is -2.43. The average molecular weight is 346 g/mol. The van der Waals surface area contributed by atoms with Gasteiger partial charge in [0.05, 0.1) is 0 Å². The second-order valence-electron chi connectivity index (χ2n) is 5.00. The summed E-state index contributed by atoms with van der Waals surface area (Å²) < 4.78 is 42.7. The van der Waals surface area contributed by atoms with E-state index in [2.05, 4.69) is 9.97 Å². The van der Waals surface area contributed by atoms with E-state index in [0.29, 0.717) is 0 Å². The van der Waals surface area contributed by atoms with E-state index in [0.717, 1.165) is 6.07 Å². The topological polar surface area (TPSA) is 55.3 Å². The number of anilines is 1. The van der Waals surface area contributed by atoms with Crippen molar-refractivity contribution in [3.63, 3.8) is 0 Å². The van der Waals surface area contributed by atoms with Crippen LogP contribution < -0.4 is 4.90 Å². The third kappa shape index (κ3) is 6.34. The molecule has 0 aromatic carbocycles. The van der Waals surface area contributed by atoms with Gasteiger partial charge in [0.25, 0.3) is 0 Å². The minimum atomic E-state index is -4.67. The quantitative estimate of drug-likeness (QED) is 0.757. The number of nitrogens with zero attached hydrogens (tertiary/aromatic N) is 3. The Labute approximate surface area is 129 Å². The molecule has 0 N–H and O–H groups in total. The highest BCUT2D eigenvalue weighted by Crippen LogP contribution is 2.24. The lowest BCUT2D eigenvalue weighted by molar-refractivity contribution is -0.119. The monoisotopic (exact) mass is 345 g/mol. The van der Waals surface area contributed by atoms with E-state index in [4.69, 9.17) is 27.9 Å². The van der Waals surface area contributed by atoms with E-state index in [-0.39, 0.29) is 15.2 Å². The van der Waals surface area contributed by atoms with Gasteiger partial charge in [-0.1, -0.05) is 23.2 Å². The van der Waals surface area contributed by atoms with E-state index < -0.39 is 30.4 Å². The molecule has 0 atom stereocenters. The summed E-state index contributed by atoms with van der Waals surface area (Å²) in [6.07, 6.45) is -5.92. The van der Waals surface area contributed by atoms with Crippen molar-refractivity contribution >= 4 is 35.2 Å². The molecule has 0 spiro atoms. The van der Waals surface area contributed by atoms with Crippen molar-refractivity contribution in [1.29, 1.82) is 0 Å². The Balaban J connectivity index is 3.16. The summed E-state index contributed by atoms with van der Waals surface area (Å²) in [5.74, 6) is -0.584. The zero-order chi connectivity index (χ0) is 16.4. The van der Waals surface area contributed by atoms with Gasteiger partial charge in [-0.25, -0.2) is 19.7 Å². The number of aromatic nitrogens is 2. The molecule has 0 saturated carbocycles. The maximum atomic E-state index is 12.6. The number of carbonyl (C=O) groups is 1. The fourth-order valence-corrected chi connectivity index (χ4v) is 1.63. The molecule has 0 radical (unpaired) electrons. The van der Waals surface area contributed by atoms with Gasteiger partial charge in [-0.2, -0.15) is 13.2 Å². The third-order valence-electron chi connectivity index (χ3n) is 1.84. The zero-order valence-corrected chi connectivity index (χ0v) is 12.8. The Bertz CT molecular complexity index is 512. The van der Waals surface area contributed by atoms with Gasteiger partial charge >= 0.3 is 12.3 Å². The second kappa shape index (κ2) is 6.23. The predicted octanol–water partition coefficient (Wildman–Crippen LogP) is 4.09. The first-order valence-corrected chi connectivity index (χ1v) is 6.40. The summed E-state index contributed by atoms with van der Waals surface area (Å²) in [6, 6.07) is 1.13. The number of hydrogen-bond donors (Lipinski definition) is 0. The summed E-state index contributed by atoms with van der Waals surface area (Å²) >= 11 is 11.2. The third-order valence-corrected chi connectivity index (χ3v) is 2.23. The summed E-state index contributed by atoms with van der Waals surface area (Å²) in [4.78, 5) is 19.3. The fourth-order valence-electron chi connectivity index (χ4n) is 1.21. The maximum Gasteiger partial charge on any atom is 0.417 e. The Kier molecular flexibility index (Phi) is 5.27. The number of halogens is 5. The minimum absolute atomic E-state index is 0.194. The molecule has 1 aromatic rings. The molecule has 0 aliphatic rings. The largest absolute Gasteiger partial charge is 0.443 e. The van der Waals surface area contributed by atoms with Gasteiger partial charge in [0, 0.05) is 6.07 Å². The molecule has 0 fully saturated rings. The molecule has 10 heteroatoms. The smallest absolute Gasteiger partial charge is 0.417 e. The zero-order valence-electron chi connectivity index (χ0n) is 11.3. The van der Waals surface area contributed by atoms with Crippen LogP contribution >= 0.6 is 23.2 Å². The van der Waals surface area contributed by atoms with E-state index in [1.54, 1.807) is 0 Å². The molecule has 21 heavy (non-hydrogen) atoms. The molecule has 1 heterocycles. The molecule has 0 bridgehead atoms. The van der Waals surface area contributed by atoms with Gasteiger partial charge in [0.15, 0.2) is 0 Å². The number of carbonyl (C=O) groups excluding carboxylic acids is 1. The van der Waals surface area contributed by atoms with E-state index in [9.17, 15) is 18.0 Å². The van der Waals surface area contributed by atoms with Crippen LogP contribution in [0.5, 0.6) is 0 Å². The van der Waals surface area contributed by atoms with Crippen LogP contribution in [-0.4, -0.2) is 34.4 Å². The van der Waals surface area contributed by atoms with Crippen LogP contribution in [0.3, 0.4) is 0 Å². The lowest BCUT2D eigenvalue weighted by atomic mass is 10.2. The molecule has 5 nitrogen and oxygen atoms in total. The Morgan fingerprint density at radius 3 is 2.10 bits per heavy atom. The standard InChI is InChI=1S/C11H12Cl2F3N3O2/c1-10(2,3)21-9(20)19(5-11(14,15)16)8-17-6(12)4-7(13)18-8/h4H,5H2,1-3H3. The van der Waals surface area contributed by atoms with E-state index in [1.807, 2.05) is 0 Å². The SMILES string of the molecule is CC(C)(C)OC(=O)N(CC(F)(F)F)c1nc(Cl)cc(Cl)n1. The number of alkyl halides is 3. The number of rotatable bonds is 2. The predicted molar refractivity (Wildman–Crippen MR) is 71.7 cm³/mol. The highest BCUT2D eigenvalue weighted by Gasteiger charge is 2.37. The normalized spacial score (nSPS) is 12.2. The molecule has 0 saturated heterocycles. The van der Waals surface area contributed by atoms with Crippen LogP contribution in [0.25, 0.3) is 0 Å². The van der Waals surface area contributed by atoms with Crippen molar-refractivity contribution in [2.24, 2.45) is 0 Å². The molecule has 0 aliphatic heterocycles. The summed E-state index contributed by atoms with van der Waals surface area (Å²) in [5, 5.41) is -0.388. The van der Waals surface area contributed by atoms with Gasteiger partial charge in [0.1, 0.15) is 22.5 Å². The molecular formula is C11H12Cl2F3N3O2. The molecule has 0 unspecified atom stereocenters. The van der Waals surface area contributed by atoms with Crippen LogP contribution in [0.15, 0.2) is 6.07 Å². The molecular weight excluding hydrogens is 334 g/mol. The summed E-state index contributed by atoms with van der Waals surface area (Å²) in [6.45, 7) is 2.92. The van der Waals surface area contributed by atoms with Gasteiger partial charge in [0.2, 0.25) is 5.95 Å². The molecule has 1 rings (SSSR count). The van der Waals surface area contributed by atoms with E-state index in [1.165, 1.54) is 20.8 Å². The van der Waals surface area contributed by atoms with E-state index >= 15 is 0 Å². The van der Waals surface area contributed by atoms with Crippen LogP contribution in [0.2, 0.25) is 10.3 Å². The van der Waals surface area contributed by atoms with Crippen molar-refractivity contribution in [1.82, 2.24) is 9.97 Å². The summed E-state index contributed by atoms with van der Waals surface area (Å²) in [5.41, 5.74) is -0.983. The first-order valence-electron chi connectivity index (χ1n) is 5.65. The Hall–Kier alpha value is -1.28.